The van der Waals surface area contributed by atoms with Crippen molar-refractivity contribution in [1.82, 2.24) is 0 Å². The van der Waals surface area contributed by atoms with E-state index in [0.29, 0.717) is 17.4 Å². The number of phosphoric ester groups is 1. The molecular formula is C47H94NO8P. The van der Waals surface area contributed by atoms with Crippen molar-refractivity contribution >= 4 is 19.8 Å². The molecule has 2 unspecified atom stereocenters. The van der Waals surface area contributed by atoms with Crippen LogP contribution in [0.4, 0.5) is 0 Å². The summed E-state index contributed by atoms with van der Waals surface area (Å²) in [6.07, 6.45) is 41.4. The lowest BCUT2D eigenvalue weighted by Gasteiger charge is -2.28. The minimum Gasteiger partial charge on any atom is -0.756 e. The van der Waals surface area contributed by atoms with Gasteiger partial charge in [-0.05, 0) is 12.8 Å². The third-order valence-electron chi connectivity index (χ3n) is 10.9. The first-order valence-electron chi connectivity index (χ1n) is 24.2. The maximum atomic E-state index is 12.7. The van der Waals surface area contributed by atoms with Crippen LogP contribution in [-0.2, 0) is 32.7 Å². The van der Waals surface area contributed by atoms with Gasteiger partial charge in [0, 0.05) is 12.8 Å². The van der Waals surface area contributed by atoms with Gasteiger partial charge < -0.3 is 27.9 Å². The highest BCUT2D eigenvalue weighted by Gasteiger charge is 2.21. The highest BCUT2D eigenvalue weighted by Crippen LogP contribution is 2.38. The summed E-state index contributed by atoms with van der Waals surface area (Å²) >= 11 is 0. The molecule has 0 fully saturated rings. The number of likely N-dealkylation sites (N-methyl/N-ethyl adjacent to an activating group) is 1. The topological polar surface area (TPSA) is 111 Å². The number of carbonyl (C=O) groups excluding carboxylic acids is 2. The minimum atomic E-state index is -4.62. The number of quaternary nitrogens is 1. The Bertz CT molecular complexity index is 943. The standard InChI is InChI=1S/C47H94NO8P/c1-6-8-10-12-14-16-18-19-20-21-22-23-24-25-26-27-28-29-30-32-34-36-38-40-47(50)56-45(44-55-57(51,52)54-42-41-48(3,4)5)43-53-46(49)39-37-35-33-31-17-15-13-11-9-7-2/h45H,6-44H2,1-5H3. The van der Waals surface area contributed by atoms with Crippen molar-refractivity contribution < 1.29 is 42.1 Å². The number of carbonyl (C=O) groups is 2. The molecule has 57 heavy (non-hydrogen) atoms. The zero-order valence-corrected chi connectivity index (χ0v) is 39.2. The summed E-state index contributed by atoms with van der Waals surface area (Å²) in [6.45, 7) is 4.26. The predicted octanol–water partition coefficient (Wildman–Crippen LogP) is 13.3. The lowest BCUT2D eigenvalue weighted by atomic mass is 10.0. The summed E-state index contributed by atoms with van der Waals surface area (Å²) in [5.41, 5.74) is 0. The van der Waals surface area contributed by atoms with Crippen LogP contribution in [-0.4, -0.2) is 70.0 Å². The van der Waals surface area contributed by atoms with Gasteiger partial charge in [-0.2, -0.15) is 0 Å². The van der Waals surface area contributed by atoms with Gasteiger partial charge >= 0.3 is 11.9 Å². The Kier molecular flexibility index (Phi) is 39.7. The van der Waals surface area contributed by atoms with Crippen LogP contribution in [0.1, 0.15) is 239 Å². The van der Waals surface area contributed by atoms with Crippen molar-refractivity contribution in [1.29, 1.82) is 0 Å². The normalized spacial score (nSPS) is 13.4. The second kappa shape index (κ2) is 40.4. The molecule has 0 aromatic carbocycles. The molecule has 0 rings (SSSR count). The Morgan fingerprint density at radius 2 is 0.789 bits per heavy atom. The van der Waals surface area contributed by atoms with Crippen LogP contribution < -0.4 is 4.89 Å². The summed E-state index contributed by atoms with van der Waals surface area (Å²) in [6, 6.07) is 0. The Hall–Kier alpha value is -0.990. The van der Waals surface area contributed by atoms with Crippen LogP contribution in [0, 0.1) is 0 Å². The van der Waals surface area contributed by atoms with Gasteiger partial charge in [0.2, 0.25) is 0 Å². The number of phosphoric acid groups is 1. The van der Waals surface area contributed by atoms with Gasteiger partial charge in [0.1, 0.15) is 19.8 Å². The van der Waals surface area contributed by atoms with Crippen LogP contribution in [0.15, 0.2) is 0 Å². The maximum Gasteiger partial charge on any atom is 0.306 e. The smallest absolute Gasteiger partial charge is 0.306 e. The maximum absolute atomic E-state index is 12.7. The van der Waals surface area contributed by atoms with Crippen LogP contribution >= 0.6 is 7.82 Å². The minimum absolute atomic E-state index is 0.0257. The number of nitrogens with zero attached hydrogens (tertiary/aromatic N) is 1. The van der Waals surface area contributed by atoms with Crippen LogP contribution in [0.25, 0.3) is 0 Å². The van der Waals surface area contributed by atoms with Crippen molar-refractivity contribution in [2.75, 3.05) is 47.5 Å². The summed E-state index contributed by atoms with van der Waals surface area (Å²) < 4.78 is 33.9. The Balaban J connectivity index is 4.13. The van der Waals surface area contributed by atoms with Crippen molar-refractivity contribution in [3.05, 3.63) is 0 Å². The van der Waals surface area contributed by atoms with E-state index in [1.54, 1.807) is 0 Å². The van der Waals surface area contributed by atoms with Crippen molar-refractivity contribution in [3.63, 3.8) is 0 Å². The Labute approximate surface area is 353 Å². The number of unbranched alkanes of at least 4 members (excludes halogenated alkanes) is 31. The Morgan fingerprint density at radius 3 is 1.12 bits per heavy atom. The number of esters is 2. The summed E-state index contributed by atoms with van der Waals surface area (Å²) in [5, 5.41) is 0. The molecule has 0 spiro atoms. The summed E-state index contributed by atoms with van der Waals surface area (Å²) in [7, 11) is 1.18. The van der Waals surface area contributed by atoms with E-state index in [4.69, 9.17) is 18.5 Å². The fraction of sp³-hybridized carbons (Fsp3) is 0.957. The first-order valence-corrected chi connectivity index (χ1v) is 25.7. The van der Waals surface area contributed by atoms with Gasteiger partial charge in [-0.15, -0.1) is 0 Å². The molecule has 0 radical (unpaired) electrons. The number of hydrogen-bond donors (Lipinski definition) is 0. The number of hydrogen-bond acceptors (Lipinski definition) is 8. The van der Waals surface area contributed by atoms with Crippen molar-refractivity contribution in [2.45, 2.75) is 245 Å². The van der Waals surface area contributed by atoms with Crippen LogP contribution in [0.3, 0.4) is 0 Å². The van der Waals surface area contributed by atoms with E-state index in [0.717, 1.165) is 32.1 Å². The zero-order chi connectivity index (χ0) is 42.1. The molecule has 0 aliphatic carbocycles. The van der Waals surface area contributed by atoms with Gasteiger partial charge in [-0.1, -0.05) is 213 Å². The average Bonchev–Trinajstić information content (AvgIpc) is 3.16. The molecule has 0 bridgehead atoms. The van der Waals surface area contributed by atoms with E-state index in [-0.39, 0.29) is 32.0 Å². The number of rotatable bonds is 45. The molecule has 0 saturated carbocycles. The van der Waals surface area contributed by atoms with E-state index in [1.807, 2.05) is 21.1 Å². The quantitative estimate of drug-likeness (QED) is 0.0258. The molecule has 0 aliphatic heterocycles. The summed E-state index contributed by atoms with van der Waals surface area (Å²) in [5.74, 6) is -0.820. The zero-order valence-electron chi connectivity index (χ0n) is 38.3. The van der Waals surface area contributed by atoms with Gasteiger partial charge in [-0.3, -0.25) is 14.2 Å². The second-order valence-corrected chi connectivity index (χ2v) is 19.3. The largest absolute Gasteiger partial charge is 0.756 e. The first kappa shape index (κ1) is 56.0. The first-order chi connectivity index (χ1) is 27.5. The molecule has 9 nitrogen and oxygen atoms in total. The lowest BCUT2D eigenvalue weighted by Crippen LogP contribution is -2.37. The third kappa shape index (κ3) is 44.4. The fourth-order valence-electron chi connectivity index (χ4n) is 7.07. The van der Waals surface area contributed by atoms with E-state index in [2.05, 4.69) is 13.8 Å². The Morgan fingerprint density at radius 1 is 0.474 bits per heavy atom. The second-order valence-electron chi connectivity index (χ2n) is 17.8. The van der Waals surface area contributed by atoms with E-state index in [1.165, 1.54) is 173 Å². The van der Waals surface area contributed by atoms with E-state index < -0.39 is 26.5 Å². The van der Waals surface area contributed by atoms with Gasteiger partial charge in [-0.25, -0.2) is 0 Å². The van der Waals surface area contributed by atoms with Crippen molar-refractivity contribution in [2.24, 2.45) is 0 Å². The molecule has 2 atom stereocenters. The van der Waals surface area contributed by atoms with Crippen LogP contribution in [0.2, 0.25) is 0 Å². The van der Waals surface area contributed by atoms with Crippen molar-refractivity contribution in [3.8, 4) is 0 Å². The monoisotopic (exact) mass is 832 g/mol. The average molecular weight is 832 g/mol. The lowest BCUT2D eigenvalue weighted by molar-refractivity contribution is -0.870. The molecular weight excluding hydrogens is 737 g/mol. The third-order valence-corrected chi connectivity index (χ3v) is 11.8. The highest BCUT2D eigenvalue weighted by atomic mass is 31.2. The summed E-state index contributed by atoms with van der Waals surface area (Å²) in [4.78, 5) is 37.5. The molecule has 0 saturated heterocycles. The van der Waals surface area contributed by atoms with Gasteiger partial charge in [0.05, 0.1) is 27.7 Å². The number of ether oxygens (including phenoxy) is 2. The van der Waals surface area contributed by atoms with E-state index >= 15 is 0 Å². The molecule has 0 aromatic heterocycles. The molecule has 10 heteroatoms. The predicted molar refractivity (Wildman–Crippen MR) is 236 cm³/mol. The molecule has 0 amide bonds. The SMILES string of the molecule is CCCCCCCCCCCCCCCCCCCCCCCCCC(=O)OC(COC(=O)CCCCCCCCCCCC)COP(=O)([O-])OCC[N+](C)(C)C. The molecule has 0 heterocycles. The van der Waals surface area contributed by atoms with Crippen LogP contribution in [0.5, 0.6) is 0 Å². The molecule has 0 aliphatic rings. The highest BCUT2D eigenvalue weighted by molar-refractivity contribution is 7.45. The fourth-order valence-corrected chi connectivity index (χ4v) is 7.80. The molecule has 0 N–H and O–H groups in total. The molecule has 0 aromatic rings. The molecule has 340 valence electrons. The van der Waals surface area contributed by atoms with E-state index in [9.17, 15) is 19.0 Å². The van der Waals surface area contributed by atoms with Gasteiger partial charge in [0.15, 0.2) is 6.10 Å². The van der Waals surface area contributed by atoms with Gasteiger partial charge in [0.25, 0.3) is 7.82 Å².